The smallest absolute Gasteiger partial charge is 0.192 e. The van der Waals surface area contributed by atoms with E-state index in [0.29, 0.717) is 19.6 Å². The molecule has 0 aliphatic carbocycles. The van der Waals surface area contributed by atoms with Gasteiger partial charge in [-0.1, -0.05) is 33.8 Å². The topological polar surface area (TPSA) is 66.4 Å². The number of hydrogen-bond acceptors (Lipinski definition) is 6. The Morgan fingerprint density at radius 3 is 2.24 bits per heavy atom. The van der Waals surface area contributed by atoms with Crippen LogP contribution in [0.15, 0.2) is 11.6 Å². The maximum absolute atomic E-state index is 10.4. The van der Waals surface area contributed by atoms with Crippen molar-refractivity contribution < 1.29 is 28.5 Å². The first-order chi connectivity index (χ1) is 13.1. The van der Waals surface area contributed by atoms with E-state index in [4.69, 9.17) is 23.4 Å². The van der Waals surface area contributed by atoms with Gasteiger partial charge in [-0.15, -0.1) is 0 Å². The highest BCUT2D eigenvalue weighted by Gasteiger charge is 2.51. The van der Waals surface area contributed by atoms with Crippen LogP contribution in [0.25, 0.3) is 0 Å². The number of rotatable bonds is 7. The lowest BCUT2D eigenvalue weighted by Gasteiger charge is -2.37. The Labute approximate surface area is 178 Å². The van der Waals surface area contributed by atoms with Crippen molar-refractivity contribution in [2.45, 2.75) is 116 Å². The molecule has 0 amide bonds. The monoisotopic (exact) mass is 430 g/mol. The van der Waals surface area contributed by atoms with Crippen molar-refractivity contribution in [2.75, 3.05) is 13.2 Å². The van der Waals surface area contributed by atoms with E-state index in [9.17, 15) is 5.11 Å². The van der Waals surface area contributed by atoms with E-state index in [1.54, 1.807) is 0 Å². The predicted octanol–water partition coefficient (Wildman–Crippen LogP) is 4.38. The third-order valence-corrected chi connectivity index (χ3v) is 10.6. The van der Waals surface area contributed by atoms with Crippen LogP contribution in [0.1, 0.15) is 61.8 Å². The van der Waals surface area contributed by atoms with Crippen molar-refractivity contribution in [3.8, 4) is 0 Å². The Kier molecular flexibility index (Phi) is 7.49. The zero-order chi connectivity index (χ0) is 22.3. The number of ether oxygens (including phenoxy) is 4. The normalized spacial score (nSPS) is 31.3. The van der Waals surface area contributed by atoms with E-state index >= 15 is 0 Å². The summed E-state index contributed by atoms with van der Waals surface area (Å²) in [4.78, 5) is 0. The highest BCUT2D eigenvalue weighted by molar-refractivity contribution is 6.74. The fraction of sp³-hybridized carbons (Fsp3) is 0.909. The van der Waals surface area contributed by atoms with Gasteiger partial charge < -0.3 is 28.5 Å². The molecule has 0 bridgehead atoms. The Morgan fingerprint density at radius 1 is 1.14 bits per heavy atom. The Balaban J connectivity index is 2.28. The number of hydrogen-bond donors (Lipinski definition) is 1. The second-order valence-corrected chi connectivity index (χ2v) is 15.5. The quantitative estimate of drug-likeness (QED) is 0.478. The molecule has 2 aliphatic rings. The molecular weight excluding hydrogens is 388 g/mol. The first-order valence-electron chi connectivity index (χ1n) is 10.8. The molecule has 2 aliphatic heterocycles. The molecule has 7 heteroatoms. The molecule has 29 heavy (non-hydrogen) atoms. The third kappa shape index (κ3) is 6.35. The highest BCUT2D eigenvalue weighted by Crippen LogP contribution is 2.40. The summed E-state index contributed by atoms with van der Waals surface area (Å²) in [5, 5.41) is 10.5. The molecule has 0 aromatic rings. The molecule has 4 atom stereocenters. The van der Waals surface area contributed by atoms with E-state index in [2.05, 4.69) is 33.9 Å². The van der Waals surface area contributed by atoms with Gasteiger partial charge in [0.2, 0.25) is 0 Å². The average Bonchev–Trinajstić information content (AvgIpc) is 3.08. The van der Waals surface area contributed by atoms with E-state index in [1.165, 1.54) is 0 Å². The van der Waals surface area contributed by atoms with Gasteiger partial charge in [0.25, 0.3) is 0 Å². The zero-order valence-corrected chi connectivity index (χ0v) is 21.0. The molecule has 0 saturated carbocycles. The molecule has 0 aromatic carbocycles. The summed E-state index contributed by atoms with van der Waals surface area (Å²) in [5.74, 6) is -1.39. The lowest BCUT2D eigenvalue weighted by atomic mass is 9.99. The van der Waals surface area contributed by atoms with Crippen molar-refractivity contribution in [2.24, 2.45) is 0 Å². The molecule has 6 nitrogen and oxygen atoms in total. The fourth-order valence-corrected chi connectivity index (χ4v) is 4.26. The summed E-state index contributed by atoms with van der Waals surface area (Å²) < 4.78 is 30.9. The van der Waals surface area contributed by atoms with Gasteiger partial charge in [0.15, 0.2) is 19.9 Å². The largest absolute Gasteiger partial charge is 0.413 e. The van der Waals surface area contributed by atoms with Crippen molar-refractivity contribution in [3.05, 3.63) is 11.6 Å². The summed E-state index contributed by atoms with van der Waals surface area (Å²) in [5.41, 5.74) is 0.910. The van der Waals surface area contributed by atoms with Crippen molar-refractivity contribution in [1.29, 1.82) is 0 Å². The zero-order valence-electron chi connectivity index (χ0n) is 20.0. The van der Waals surface area contributed by atoms with Crippen LogP contribution >= 0.6 is 0 Å². The summed E-state index contributed by atoms with van der Waals surface area (Å²) >= 11 is 0. The lowest BCUT2D eigenvalue weighted by molar-refractivity contribution is -0.174. The van der Waals surface area contributed by atoms with E-state index in [1.807, 2.05) is 40.7 Å². The van der Waals surface area contributed by atoms with E-state index < -0.39 is 26.0 Å². The Bertz CT molecular complexity index is 593. The van der Waals surface area contributed by atoms with Crippen LogP contribution in [0.5, 0.6) is 0 Å². The van der Waals surface area contributed by atoms with Gasteiger partial charge in [-0.05, 0) is 57.8 Å². The summed E-state index contributed by atoms with van der Waals surface area (Å²) in [7, 11) is -1.97. The maximum Gasteiger partial charge on any atom is 0.192 e. The SMILES string of the molecule is CC[C@H](O)/C=C(/CO[Si](C)(C)C(C)(C)C)[C@H]1OC(C)(C)O[C@@H]1[C@H]1COC(C)(C)O1. The molecule has 2 rings (SSSR count). The predicted molar refractivity (Wildman–Crippen MR) is 116 cm³/mol. The van der Waals surface area contributed by atoms with Gasteiger partial charge in [-0.25, -0.2) is 0 Å². The van der Waals surface area contributed by atoms with Crippen LogP contribution in [0.3, 0.4) is 0 Å². The lowest BCUT2D eigenvalue weighted by Crippen LogP contribution is -2.44. The second kappa shape index (κ2) is 8.69. The van der Waals surface area contributed by atoms with Crippen LogP contribution in [-0.2, 0) is 23.4 Å². The summed E-state index contributed by atoms with van der Waals surface area (Å²) in [6.07, 6.45) is 1.01. The van der Waals surface area contributed by atoms with Crippen LogP contribution in [0.2, 0.25) is 18.1 Å². The molecular formula is C22H42O6Si. The van der Waals surface area contributed by atoms with Gasteiger partial charge >= 0.3 is 0 Å². The molecule has 170 valence electrons. The molecule has 0 radical (unpaired) electrons. The van der Waals surface area contributed by atoms with Crippen LogP contribution < -0.4 is 0 Å². The molecule has 2 fully saturated rings. The highest BCUT2D eigenvalue weighted by atomic mass is 28.4. The van der Waals surface area contributed by atoms with Gasteiger partial charge in [0, 0.05) is 0 Å². The van der Waals surface area contributed by atoms with Gasteiger partial charge in [0.05, 0.1) is 19.3 Å². The number of aliphatic hydroxyl groups is 1. The summed E-state index contributed by atoms with van der Waals surface area (Å²) in [6.45, 7) is 21.5. The van der Waals surface area contributed by atoms with Crippen LogP contribution in [0, 0.1) is 0 Å². The second-order valence-electron chi connectivity index (χ2n) is 10.7. The first kappa shape index (κ1) is 25.0. The molecule has 0 spiro atoms. The molecule has 2 heterocycles. The Hall–Kier alpha value is -0.283. The van der Waals surface area contributed by atoms with Crippen molar-refractivity contribution in [1.82, 2.24) is 0 Å². The van der Waals surface area contributed by atoms with E-state index in [0.717, 1.165) is 5.57 Å². The maximum atomic E-state index is 10.4. The van der Waals surface area contributed by atoms with E-state index in [-0.39, 0.29) is 23.4 Å². The average molecular weight is 431 g/mol. The minimum absolute atomic E-state index is 0.0968. The molecule has 1 N–H and O–H groups in total. The van der Waals surface area contributed by atoms with Crippen molar-refractivity contribution >= 4 is 8.32 Å². The van der Waals surface area contributed by atoms with Gasteiger partial charge in [-0.3, -0.25) is 0 Å². The van der Waals surface area contributed by atoms with Crippen molar-refractivity contribution in [3.63, 3.8) is 0 Å². The standard InChI is InChI=1S/C22H42O6Si/c1-11-16(23)12-15(13-25-29(9,10)20(2,3)4)18-19(28-22(7,8)27-18)17-14-24-21(5,6)26-17/h12,16-19,23H,11,13-14H2,1-10H3/b15-12-/t16-,17+,18+,19+/m0/s1. The minimum atomic E-state index is -1.97. The van der Waals surface area contributed by atoms with Crippen LogP contribution in [0.4, 0.5) is 0 Å². The van der Waals surface area contributed by atoms with Crippen LogP contribution in [-0.4, -0.2) is 62.6 Å². The number of aliphatic hydroxyl groups excluding tert-OH is 1. The van der Waals surface area contributed by atoms with Gasteiger partial charge in [-0.2, -0.15) is 0 Å². The molecule has 0 unspecified atom stereocenters. The third-order valence-electron chi connectivity index (χ3n) is 6.12. The Morgan fingerprint density at radius 2 is 1.76 bits per heavy atom. The fourth-order valence-electron chi connectivity index (χ4n) is 3.30. The molecule has 0 aromatic heterocycles. The molecule has 2 saturated heterocycles. The van der Waals surface area contributed by atoms with Gasteiger partial charge in [0.1, 0.15) is 18.3 Å². The first-order valence-corrected chi connectivity index (χ1v) is 13.7. The minimum Gasteiger partial charge on any atom is -0.413 e. The summed E-state index contributed by atoms with van der Waals surface area (Å²) in [6, 6.07) is 0.